The molecule has 0 fully saturated rings. The molecule has 0 N–H and O–H groups in total. The van der Waals surface area contributed by atoms with E-state index in [1.54, 1.807) is 18.2 Å². The molecule has 0 radical (unpaired) electrons. The molecule has 27 heavy (non-hydrogen) atoms. The molecule has 2 aromatic carbocycles. The lowest BCUT2D eigenvalue weighted by molar-refractivity contribution is -0.384. The van der Waals surface area contributed by atoms with Crippen molar-refractivity contribution >= 4 is 17.4 Å². The summed E-state index contributed by atoms with van der Waals surface area (Å²) in [6.07, 6.45) is -0.0427. The van der Waals surface area contributed by atoms with Crippen LogP contribution in [0.25, 0.3) is 0 Å². The number of ketones is 1. The van der Waals surface area contributed by atoms with Crippen LogP contribution in [-0.4, -0.2) is 29.9 Å². The maximum Gasteiger partial charge on any atom is 0.306 e. The van der Waals surface area contributed by atoms with Crippen molar-refractivity contribution in [2.45, 2.75) is 19.4 Å². The summed E-state index contributed by atoms with van der Waals surface area (Å²) in [7, 11) is 0. The second-order valence-corrected chi connectivity index (χ2v) is 5.87. The Morgan fingerprint density at radius 2 is 1.70 bits per heavy atom. The average Bonchev–Trinajstić information content (AvgIpc) is 2.70. The van der Waals surface area contributed by atoms with Crippen LogP contribution in [0.3, 0.4) is 0 Å². The van der Waals surface area contributed by atoms with E-state index < -0.39 is 10.9 Å². The van der Waals surface area contributed by atoms with Gasteiger partial charge in [-0.05, 0) is 35.9 Å². The van der Waals surface area contributed by atoms with Gasteiger partial charge in [0.1, 0.15) is 19.8 Å². The number of Topliss-reactive ketones (excluding diaryl/α,β-unsaturated/α-hetero) is 1. The highest BCUT2D eigenvalue weighted by atomic mass is 16.6. The second-order valence-electron chi connectivity index (χ2n) is 5.87. The Labute approximate surface area is 154 Å². The summed E-state index contributed by atoms with van der Waals surface area (Å²) in [5, 5.41) is 10.6. The van der Waals surface area contributed by atoms with Crippen molar-refractivity contribution in [2.75, 3.05) is 13.2 Å². The molecule has 0 saturated heterocycles. The largest absolute Gasteiger partial charge is 0.486 e. The number of rotatable bonds is 7. The summed E-state index contributed by atoms with van der Waals surface area (Å²) in [5.41, 5.74) is 1.05. The molecule has 0 amide bonds. The summed E-state index contributed by atoms with van der Waals surface area (Å²) in [4.78, 5) is 34.2. The van der Waals surface area contributed by atoms with Gasteiger partial charge in [0, 0.05) is 24.1 Å². The van der Waals surface area contributed by atoms with Crippen LogP contribution in [0.1, 0.15) is 28.8 Å². The molecular formula is C19H17NO7. The number of nitro groups is 1. The topological polar surface area (TPSA) is 105 Å². The normalized spacial score (nSPS) is 12.3. The lowest BCUT2D eigenvalue weighted by atomic mass is 10.1. The van der Waals surface area contributed by atoms with Gasteiger partial charge in [0.2, 0.25) is 0 Å². The third-order valence-electron chi connectivity index (χ3n) is 3.97. The minimum absolute atomic E-state index is 0.00492. The first-order valence-electron chi connectivity index (χ1n) is 8.35. The smallest absolute Gasteiger partial charge is 0.306 e. The molecule has 0 atom stereocenters. The van der Waals surface area contributed by atoms with Crippen LogP contribution in [0.5, 0.6) is 11.5 Å². The molecular weight excluding hydrogens is 354 g/mol. The number of ether oxygens (including phenoxy) is 3. The van der Waals surface area contributed by atoms with Crippen molar-refractivity contribution in [1.29, 1.82) is 0 Å². The lowest BCUT2D eigenvalue weighted by Gasteiger charge is -2.18. The lowest BCUT2D eigenvalue weighted by Crippen LogP contribution is -2.16. The van der Waals surface area contributed by atoms with Crippen LogP contribution in [0.4, 0.5) is 5.69 Å². The maximum atomic E-state index is 12.2. The zero-order valence-corrected chi connectivity index (χ0v) is 14.4. The highest BCUT2D eigenvalue weighted by molar-refractivity contribution is 5.98. The molecule has 0 bridgehead atoms. The van der Waals surface area contributed by atoms with Crippen molar-refractivity contribution in [3.05, 3.63) is 63.7 Å². The SMILES string of the molecule is O=C(CCC(=O)c1ccc2c(c1)OCCO2)OCc1ccc([N+](=O)[O-])cc1. The number of benzene rings is 2. The van der Waals surface area contributed by atoms with E-state index in [0.717, 1.165) is 0 Å². The van der Waals surface area contributed by atoms with E-state index in [9.17, 15) is 19.7 Å². The molecule has 0 unspecified atom stereocenters. The summed E-state index contributed by atoms with van der Waals surface area (Å²) in [6, 6.07) is 10.6. The molecule has 8 nitrogen and oxygen atoms in total. The highest BCUT2D eigenvalue weighted by Gasteiger charge is 2.16. The van der Waals surface area contributed by atoms with Crippen LogP contribution in [0.2, 0.25) is 0 Å². The van der Waals surface area contributed by atoms with Gasteiger partial charge in [-0.3, -0.25) is 19.7 Å². The number of non-ortho nitro benzene ring substituents is 1. The van der Waals surface area contributed by atoms with E-state index in [-0.39, 0.29) is 30.9 Å². The third-order valence-corrected chi connectivity index (χ3v) is 3.97. The number of nitrogens with zero attached hydrogens (tertiary/aromatic N) is 1. The average molecular weight is 371 g/mol. The quantitative estimate of drug-likeness (QED) is 0.319. The number of carbonyl (C=O) groups excluding carboxylic acids is 2. The first kappa shape index (κ1) is 18.4. The zero-order valence-electron chi connectivity index (χ0n) is 14.4. The van der Waals surface area contributed by atoms with E-state index >= 15 is 0 Å². The summed E-state index contributed by atoms with van der Waals surface area (Å²) in [5.74, 6) is 0.409. The van der Waals surface area contributed by atoms with Gasteiger partial charge in [-0.2, -0.15) is 0 Å². The Bertz CT molecular complexity index is 861. The van der Waals surface area contributed by atoms with Gasteiger partial charge in [-0.1, -0.05) is 0 Å². The van der Waals surface area contributed by atoms with E-state index in [4.69, 9.17) is 14.2 Å². The van der Waals surface area contributed by atoms with Crippen molar-refractivity contribution in [2.24, 2.45) is 0 Å². The Hall–Kier alpha value is -3.42. The number of carbonyl (C=O) groups is 2. The summed E-state index contributed by atoms with van der Waals surface area (Å²) >= 11 is 0. The van der Waals surface area contributed by atoms with Crippen molar-refractivity contribution in [3.8, 4) is 11.5 Å². The molecule has 140 valence electrons. The molecule has 0 spiro atoms. The first-order chi connectivity index (χ1) is 13.0. The molecule has 3 rings (SSSR count). The zero-order chi connectivity index (χ0) is 19.2. The standard InChI is InChI=1S/C19H17NO7/c21-16(14-3-7-17-18(11-14)26-10-9-25-17)6-8-19(22)27-12-13-1-4-15(5-2-13)20(23)24/h1-5,7,11H,6,8-10,12H2. The Morgan fingerprint density at radius 3 is 2.41 bits per heavy atom. The fourth-order valence-electron chi connectivity index (χ4n) is 2.53. The van der Waals surface area contributed by atoms with Gasteiger partial charge in [-0.15, -0.1) is 0 Å². The molecule has 0 aromatic heterocycles. The monoisotopic (exact) mass is 371 g/mol. The first-order valence-corrected chi connectivity index (χ1v) is 8.35. The molecule has 2 aromatic rings. The minimum atomic E-state index is -0.515. The van der Waals surface area contributed by atoms with Crippen LogP contribution in [-0.2, 0) is 16.1 Å². The van der Waals surface area contributed by atoms with Crippen LogP contribution in [0.15, 0.2) is 42.5 Å². The number of hydrogen-bond acceptors (Lipinski definition) is 7. The summed E-state index contributed by atoms with van der Waals surface area (Å²) in [6.45, 7) is 0.898. The Kier molecular flexibility index (Phi) is 5.65. The summed E-state index contributed by atoms with van der Waals surface area (Å²) < 4.78 is 15.9. The van der Waals surface area contributed by atoms with Gasteiger partial charge in [0.25, 0.3) is 5.69 Å². The van der Waals surface area contributed by atoms with Crippen LogP contribution < -0.4 is 9.47 Å². The number of esters is 1. The molecule has 0 aliphatic carbocycles. The van der Waals surface area contributed by atoms with Crippen LogP contribution in [0, 0.1) is 10.1 Å². The minimum Gasteiger partial charge on any atom is -0.486 e. The van der Waals surface area contributed by atoms with Gasteiger partial charge in [0.15, 0.2) is 17.3 Å². The van der Waals surface area contributed by atoms with Crippen molar-refractivity contribution < 1.29 is 28.7 Å². The fraction of sp³-hybridized carbons (Fsp3) is 0.263. The van der Waals surface area contributed by atoms with Gasteiger partial charge in [0.05, 0.1) is 11.3 Å². The Morgan fingerprint density at radius 1 is 1.00 bits per heavy atom. The number of nitro benzene ring substituents is 1. The predicted octanol–water partition coefficient (Wildman–Crippen LogP) is 3.07. The van der Waals surface area contributed by atoms with E-state index in [0.29, 0.717) is 35.8 Å². The van der Waals surface area contributed by atoms with Gasteiger partial charge < -0.3 is 14.2 Å². The van der Waals surface area contributed by atoms with E-state index in [2.05, 4.69) is 0 Å². The van der Waals surface area contributed by atoms with Gasteiger partial charge >= 0.3 is 5.97 Å². The molecule has 0 saturated carbocycles. The fourth-order valence-corrected chi connectivity index (χ4v) is 2.53. The molecule has 1 heterocycles. The van der Waals surface area contributed by atoms with E-state index in [1.807, 2.05) is 0 Å². The van der Waals surface area contributed by atoms with E-state index in [1.165, 1.54) is 24.3 Å². The molecule has 1 aliphatic rings. The van der Waals surface area contributed by atoms with Crippen molar-refractivity contribution in [1.82, 2.24) is 0 Å². The predicted molar refractivity (Wildman–Crippen MR) is 93.9 cm³/mol. The van der Waals surface area contributed by atoms with Crippen LogP contribution >= 0.6 is 0 Å². The second kappa shape index (κ2) is 8.31. The van der Waals surface area contributed by atoms with Crippen molar-refractivity contribution in [3.63, 3.8) is 0 Å². The number of hydrogen-bond donors (Lipinski definition) is 0. The maximum absolute atomic E-state index is 12.2. The Balaban J connectivity index is 1.47. The molecule has 8 heteroatoms. The third kappa shape index (κ3) is 4.81. The molecule has 1 aliphatic heterocycles. The van der Waals surface area contributed by atoms with Gasteiger partial charge in [-0.25, -0.2) is 0 Å². The highest BCUT2D eigenvalue weighted by Crippen LogP contribution is 2.31. The number of fused-ring (bicyclic) bond motifs is 1.